The number of carbonyl (C=O) groups excluding carboxylic acids is 1. The predicted molar refractivity (Wildman–Crippen MR) is 67.6 cm³/mol. The molecule has 0 fully saturated rings. The van der Waals surface area contributed by atoms with Crippen LogP contribution in [0.5, 0.6) is 0 Å². The first-order chi connectivity index (χ1) is 7.63. The number of carbonyl (C=O) groups is 1. The Morgan fingerprint density at radius 1 is 1.38 bits per heavy atom. The summed E-state index contributed by atoms with van der Waals surface area (Å²) >= 11 is 0. The van der Waals surface area contributed by atoms with Crippen molar-refractivity contribution in [2.45, 2.75) is 39.7 Å². The van der Waals surface area contributed by atoms with Crippen molar-refractivity contribution < 1.29 is 4.79 Å². The molecule has 0 aromatic heterocycles. The summed E-state index contributed by atoms with van der Waals surface area (Å²) in [6.07, 6.45) is 1.17. The van der Waals surface area contributed by atoms with E-state index in [1.807, 2.05) is 18.2 Å². The number of hydrogen-bond acceptors (Lipinski definition) is 2. The van der Waals surface area contributed by atoms with Gasteiger partial charge >= 0.3 is 0 Å². The molecule has 1 aromatic rings. The van der Waals surface area contributed by atoms with Crippen molar-refractivity contribution in [2.24, 2.45) is 0 Å². The Bertz CT molecular complexity index is 346. The van der Waals surface area contributed by atoms with Crippen molar-refractivity contribution >= 4 is 5.78 Å². The monoisotopic (exact) mass is 219 g/mol. The molecule has 0 bridgehead atoms. The third-order valence-corrected chi connectivity index (χ3v) is 2.74. The van der Waals surface area contributed by atoms with Crippen LogP contribution in [-0.4, -0.2) is 18.4 Å². The predicted octanol–water partition coefficient (Wildman–Crippen LogP) is 2.49. The van der Waals surface area contributed by atoms with Crippen LogP contribution < -0.4 is 5.32 Å². The maximum Gasteiger partial charge on any atom is 0.138 e. The van der Waals surface area contributed by atoms with Gasteiger partial charge in [0.25, 0.3) is 0 Å². The largest absolute Gasteiger partial charge is 0.314 e. The Labute approximate surface area is 98.1 Å². The van der Waals surface area contributed by atoms with Crippen molar-refractivity contribution in [2.75, 3.05) is 6.54 Å². The molecule has 0 aliphatic rings. The minimum atomic E-state index is 0.279. The Morgan fingerprint density at radius 2 is 2.06 bits per heavy atom. The Hall–Kier alpha value is -1.15. The normalized spacial score (nSPS) is 12.4. The van der Waals surface area contributed by atoms with Gasteiger partial charge in [-0.3, -0.25) is 4.79 Å². The van der Waals surface area contributed by atoms with Gasteiger partial charge in [0.05, 0.1) is 0 Å². The van der Waals surface area contributed by atoms with Gasteiger partial charge in [0, 0.05) is 18.9 Å². The van der Waals surface area contributed by atoms with Gasteiger partial charge in [-0.15, -0.1) is 0 Å². The van der Waals surface area contributed by atoms with Crippen molar-refractivity contribution in [3.63, 3.8) is 0 Å². The van der Waals surface area contributed by atoms with E-state index in [9.17, 15) is 4.79 Å². The summed E-state index contributed by atoms with van der Waals surface area (Å²) in [6, 6.07) is 8.36. The number of aryl methyl sites for hydroxylation is 1. The molecule has 0 radical (unpaired) electrons. The summed E-state index contributed by atoms with van der Waals surface area (Å²) in [4.78, 5) is 11.8. The second-order valence-corrected chi connectivity index (χ2v) is 4.30. The molecule has 1 unspecified atom stereocenters. The number of benzene rings is 1. The smallest absolute Gasteiger partial charge is 0.138 e. The minimum absolute atomic E-state index is 0.279. The van der Waals surface area contributed by atoms with Gasteiger partial charge in [-0.05, 0) is 31.5 Å². The van der Waals surface area contributed by atoms with Gasteiger partial charge in [-0.1, -0.05) is 31.2 Å². The molecule has 0 aliphatic carbocycles. The highest BCUT2D eigenvalue weighted by atomic mass is 16.1. The maximum atomic E-state index is 11.8. The average molecular weight is 219 g/mol. The highest BCUT2D eigenvalue weighted by molar-refractivity contribution is 5.81. The Morgan fingerprint density at radius 3 is 2.69 bits per heavy atom. The standard InChI is InChI=1S/C14H21NO/c1-4-15-12(3)9-14(16)10-13-8-6-5-7-11(13)2/h5-8,12,15H,4,9-10H2,1-3H3. The highest BCUT2D eigenvalue weighted by Crippen LogP contribution is 2.09. The summed E-state index contributed by atoms with van der Waals surface area (Å²) in [5.74, 6) is 0.308. The van der Waals surface area contributed by atoms with E-state index in [1.165, 1.54) is 5.56 Å². The lowest BCUT2D eigenvalue weighted by Crippen LogP contribution is -2.28. The molecular formula is C14H21NO. The number of Topliss-reactive ketones (excluding diaryl/α,β-unsaturated/α-hetero) is 1. The van der Waals surface area contributed by atoms with Gasteiger partial charge in [-0.25, -0.2) is 0 Å². The van der Waals surface area contributed by atoms with Crippen LogP contribution in [0.1, 0.15) is 31.4 Å². The van der Waals surface area contributed by atoms with Gasteiger partial charge in [-0.2, -0.15) is 0 Å². The molecule has 0 spiro atoms. The third kappa shape index (κ3) is 4.15. The second kappa shape index (κ2) is 6.44. The van der Waals surface area contributed by atoms with Crippen LogP contribution in [-0.2, 0) is 11.2 Å². The van der Waals surface area contributed by atoms with E-state index in [0.29, 0.717) is 18.6 Å². The zero-order valence-electron chi connectivity index (χ0n) is 10.4. The van der Waals surface area contributed by atoms with Crippen LogP contribution in [0.4, 0.5) is 0 Å². The number of nitrogens with one attached hydrogen (secondary N) is 1. The molecule has 0 saturated heterocycles. The van der Waals surface area contributed by atoms with E-state index >= 15 is 0 Å². The fraction of sp³-hybridized carbons (Fsp3) is 0.500. The summed E-state index contributed by atoms with van der Waals surface area (Å²) in [5.41, 5.74) is 2.35. The molecule has 1 aromatic carbocycles. The quantitative estimate of drug-likeness (QED) is 0.796. The third-order valence-electron chi connectivity index (χ3n) is 2.74. The van der Waals surface area contributed by atoms with Crippen LogP contribution in [0.15, 0.2) is 24.3 Å². The van der Waals surface area contributed by atoms with Crippen molar-refractivity contribution in [3.05, 3.63) is 35.4 Å². The molecule has 1 rings (SSSR count). The van der Waals surface area contributed by atoms with Crippen LogP contribution in [0.2, 0.25) is 0 Å². The Kier molecular flexibility index (Phi) is 5.20. The molecule has 2 heteroatoms. The summed E-state index contributed by atoms with van der Waals surface area (Å²) < 4.78 is 0. The lowest BCUT2D eigenvalue weighted by molar-refractivity contribution is -0.118. The van der Waals surface area contributed by atoms with Gasteiger partial charge in [0.2, 0.25) is 0 Å². The zero-order valence-corrected chi connectivity index (χ0v) is 10.4. The summed E-state index contributed by atoms with van der Waals surface area (Å²) in [7, 11) is 0. The fourth-order valence-electron chi connectivity index (χ4n) is 1.86. The number of ketones is 1. The zero-order chi connectivity index (χ0) is 12.0. The fourth-order valence-corrected chi connectivity index (χ4v) is 1.86. The molecule has 0 saturated carbocycles. The SMILES string of the molecule is CCNC(C)CC(=O)Cc1ccccc1C. The molecule has 16 heavy (non-hydrogen) atoms. The van der Waals surface area contributed by atoms with Gasteiger partial charge in [0.1, 0.15) is 5.78 Å². The first-order valence-corrected chi connectivity index (χ1v) is 5.93. The lowest BCUT2D eigenvalue weighted by Gasteiger charge is -2.11. The molecule has 0 aliphatic heterocycles. The summed E-state index contributed by atoms with van der Waals surface area (Å²) in [6.45, 7) is 7.08. The van der Waals surface area contributed by atoms with E-state index in [2.05, 4.69) is 32.2 Å². The molecule has 1 atom stereocenters. The van der Waals surface area contributed by atoms with E-state index in [1.54, 1.807) is 0 Å². The molecule has 0 amide bonds. The average Bonchev–Trinajstić information content (AvgIpc) is 2.21. The topological polar surface area (TPSA) is 29.1 Å². The van der Waals surface area contributed by atoms with Crippen molar-refractivity contribution in [1.29, 1.82) is 0 Å². The molecule has 0 heterocycles. The lowest BCUT2D eigenvalue weighted by atomic mass is 10.0. The van der Waals surface area contributed by atoms with Crippen molar-refractivity contribution in [1.82, 2.24) is 5.32 Å². The highest BCUT2D eigenvalue weighted by Gasteiger charge is 2.09. The van der Waals surface area contributed by atoms with Crippen LogP contribution in [0, 0.1) is 6.92 Å². The van der Waals surface area contributed by atoms with E-state index < -0.39 is 0 Å². The van der Waals surface area contributed by atoms with E-state index in [4.69, 9.17) is 0 Å². The second-order valence-electron chi connectivity index (χ2n) is 4.30. The minimum Gasteiger partial charge on any atom is -0.314 e. The molecular weight excluding hydrogens is 198 g/mol. The molecule has 88 valence electrons. The molecule has 2 nitrogen and oxygen atoms in total. The maximum absolute atomic E-state index is 11.8. The van der Waals surface area contributed by atoms with Gasteiger partial charge < -0.3 is 5.32 Å². The number of hydrogen-bond donors (Lipinski definition) is 1. The van der Waals surface area contributed by atoms with Gasteiger partial charge in [0.15, 0.2) is 0 Å². The van der Waals surface area contributed by atoms with E-state index in [-0.39, 0.29) is 6.04 Å². The first-order valence-electron chi connectivity index (χ1n) is 5.93. The Balaban J connectivity index is 2.49. The van der Waals surface area contributed by atoms with Crippen LogP contribution in [0.25, 0.3) is 0 Å². The molecule has 1 N–H and O–H groups in total. The number of rotatable bonds is 6. The van der Waals surface area contributed by atoms with Crippen LogP contribution in [0.3, 0.4) is 0 Å². The van der Waals surface area contributed by atoms with Crippen LogP contribution >= 0.6 is 0 Å². The summed E-state index contributed by atoms with van der Waals surface area (Å²) in [5, 5.41) is 3.26. The van der Waals surface area contributed by atoms with Crippen molar-refractivity contribution in [3.8, 4) is 0 Å². The van der Waals surface area contributed by atoms with E-state index in [0.717, 1.165) is 12.1 Å². The first kappa shape index (κ1) is 12.9.